The van der Waals surface area contributed by atoms with E-state index >= 15 is 0 Å². The van der Waals surface area contributed by atoms with Crippen molar-refractivity contribution in [1.82, 2.24) is 0 Å². The van der Waals surface area contributed by atoms with Gasteiger partial charge in [-0.3, -0.25) is 0 Å². The summed E-state index contributed by atoms with van der Waals surface area (Å²) in [5.74, 6) is 0. The SMILES string of the molecule is CCCCC1=Cc2ccccc2C1[Si](C)(C)C1c2ccccc2-c2ccccc21. The highest BCUT2D eigenvalue weighted by molar-refractivity contribution is 6.82. The van der Waals surface area contributed by atoms with Crippen LogP contribution in [0.25, 0.3) is 17.2 Å². The van der Waals surface area contributed by atoms with Crippen LogP contribution in [0, 0.1) is 0 Å². The minimum absolute atomic E-state index is 0.552. The van der Waals surface area contributed by atoms with Gasteiger partial charge >= 0.3 is 0 Å². The van der Waals surface area contributed by atoms with E-state index in [2.05, 4.69) is 98.9 Å². The third-order valence-corrected chi connectivity index (χ3v) is 11.4. The Bertz CT molecular complexity index is 1040. The molecule has 1 atom stereocenters. The van der Waals surface area contributed by atoms with Crippen molar-refractivity contribution in [3.05, 3.63) is 101 Å². The Hall–Kier alpha value is -2.38. The Morgan fingerprint density at radius 1 is 0.690 bits per heavy atom. The summed E-state index contributed by atoms with van der Waals surface area (Å²) in [4.78, 5) is 0. The fraction of sp³-hybridized carbons (Fsp3) is 0.286. The minimum atomic E-state index is -1.77. The van der Waals surface area contributed by atoms with Crippen molar-refractivity contribution < 1.29 is 0 Å². The van der Waals surface area contributed by atoms with Crippen LogP contribution in [0.4, 0.5) is 0 Å². The Morgan fingerprint density at radius 2 is 1.24 bits per heavy atom. The molecule has 0 N–H and O–H groups in total. The van der Waals surface area contributed by atoms with Gasteiger partial charge in [-0.25, -0.2) is 0 Å². The van der Waals surface area contributed by atoms with Crippen molar-refractivity contribution in [3.8, 4) is 11.1 Å². The van der Waals surface area contributed by atoms with E-state index < -0.39 is 8.07 Å². The summed E-state index contributed by atoms with van der Waals surface area (Å²) >= 11 is 0. The quantitative estimate of drug-likeness (QED) is 0.385. The predicted molar refractivity (Wildman–Crippen MR) is 128 cm³/mol. The second-order valence-corrected chi connectivity index (χ2v) is 14.1. The predicted octanol–water partition coefficient (Wildman–Crippen LogP) is 7.96. The van der Waals surface area contributed by atoms with Crippen molar-refractivity contribution in [2.75, 3.05) is 0 Å². The van der Waals surface area contributed by atoms with Crippen LogP contribution in [0.2, 0.25) is 13.1 Å². The van der Waals surface area contributed by atoms with Crippen molar-refractivity contribution in [1.29, 1.82) is 0 Å². The second kappa shape index (κ2) is 7.14. The molecule has 0 nitrogen and oxygen atoms in total. The molecular weight excluding hydrogens is 364 g/mol. The summed E-state index contributed by atoms with van der Waals surface area (Å²) < 4.78 is 0. The van der Waals surface area contributed by atoms with E-state index in [0.29, 0.717) is 11.1 Å². The normalized spacial score (nSPS) is 17.6. The Labute approximate surface area is 176 Å². The van der Waals surface area contributed by atoms with Gasteiger partial charge in [-0.2, -0.15) is 0 Å². The van der Waals surface area contributed by atoms with Gasteiger partial charge in [0.2, 0.25) is 0 Å². The number of benzene rings is 3. The molecule has 1 unspecified atom stereocenters. The van der Waals surface area contributed by atoms with E-state index in [1.807, 2.05) is 0 Å². The fourth-order valence-corrected chi connectivity index (χ4v) is 10.7. The molecule has 0 amide bonds. The molecule has 0 spiro atoms. The zero-order valence-corrected chi connectivity index (χ0v) is 18.8. The molecule has 0 fully saturated rings. The zero-order chi connectivity index (χ0) is 20.0. The minimum Gasteiger partial charge on any atom is -0.0679 e. The van der Waals surface area contributed by atoms with E-state index in [1.54, 1.807) is 22.3 Å². The van der Waals surface area contributed by atoms with Gasteiger partial charge in [0.15, 0.2) is 0 Å². The van der Waals surface area contributed by atoms with Crippen LogP contribution in [0.3, 0.4) is 0 Å². The first kappa shape index (κ1) is 18.6. The number of fused-ring (bicyclic) bond motifs is 4. The molecule has 0 bridgehead atoms. The van der Waals surface area contributed by atoms with Crippen molar-refractivity contribution in [2.45, 2.75) is 50.4 Å². The third kappa shape index (κ3) is 2.87. The molecule has 0 aromatic heterocycles. The molecule has 0 aliphatic heterocycles. The Morgan fingerprint density at radius 3 is 1.86 bits per heavy atom. The van der Waals surface area contributed by atoms with Crippen molar-refractivity contribution >= 4 is 14.1 Å². The van der Waals surface area contributed by atoms with Gasteiger partial charge in [-0.15, -0.1) is 0 Å². The van der Waals surface area contributed by atoms with E-state index in [1.165, 1.54) is 36.0 Å². The van der Waals surface area contributed by atoms with E-state index in [-0.39, 0.29) is 0 Å². The molecule has 2 aliphatic carbocycles. The zero-order valence-electron chi connectivity index (χ0n) is 17.8. The maximum atomic E-state index is 2.64. The summed E-state index contributed by atoms with van der Waals surface area (Å²) in [6.07, 6.45) is 6.32. The van der Waals surface area contributed by atoms with Crippen LogP contribution < -0.4 is 0 Å². The van der Waals surface area contributed by atoms with Crippen LogP contribution in [0.15, 0.2) is 78.4 Å². The van der Waals surface area contributed by atoms with Gasteiger partial charge in [0.05, 0.1) is 8.07 Å². The van der Waals surface area contributed by atoms with E-state index in [0.717, 1.165) is 0 Å². The molecule has 3 aromatic rings. The third-order valence-electron chi connectivity index (χ3n) is 7.16. The molecular formula is C28H30Si. The van der Waals surface area contributed by atoms with Gasteiger partial charge < -0.3 is 0 Å². The van der Waals surface area contributed by atoms with Crippen LogP contribution in [-0.4, -0.2) is 8.07 Å². The lowest BCUT2D eigenvalue weighted by Gasteiger charge is -2.39. The standard InChI is InChI=1S/C28H30Si/c1-4-5-12-21-19-20-13-6-7-14-22(20)27(21)29(2,3)28-25-17-10-8-15-23(25)24-16-9-11-18-26(24)28/h6-11,13-19,27-28H,4-5,12H2,1-3H3. The van der Waals surface area contributed by atoms with Gasteiger partial charge in [-0.05, 0) is 46.2 Å². The van der Waals surface area contributed by atoms with Crippen molar-refractivity contribution in [3.63, 3.8) is 0 Å². The van der Waals surface area contributed by atoms with Crippen LogP contribution in [0.5, 0.6) is 0 Å². The lowest BCUT2D eigenvalue weighted by atomic mass is 10.1. The Balaban J connectivity index is 1.67. The lowest BCUT2D eigenvalue weighted by Crippen LogP contribution is -2.42. The van der Waals surface area contributed by atoms with Gasteiger partial charge in [0.25, 0.3) is 0 Å². The average Bonchev–Trinajstić information content (AvgIpc) is 3.28. The topological polar surface area (TPSA) is 0 Å². The monoisotopic (exact) mass is 394 g/mol. The molecule has 0 heterocycles. The molecule has 5 rings (SSSR count). The molecule has 0 saturated carbocycles. The highest BCUT2D eigenvalue weighted by Crippen LogP contribution is 2.55. The van der Waals surface area contributed by atoms with Gasteiger partial charge in [-0.1, -0.05) is 111 Å². The number of hydrogen-bond donors (Lipinski definition) is 0. The summed E-state index contributed by atoms with van der Waals surface area (Å²) in [5, 5.41) is 0. The van der Waals surface area contributed by atoms with E-state index in [9.17, 15) is 0 Å². The summed E-state index contributed by atoms with van der Waals surface area (Å²) in [5.41, 5.74) is 11.9. The fourth-order valence-electron chi connectivity index (χ4n) is 5.99. The first-order valence-corrected chi connectivity index (χ1v) is 14.3. The number of unbranched alkanes of at least 4 members (excludes halogenated alkanes) is 1. The maximum Gasteiger partial charge on any atom is 0.0726 e. The Kier molecular flexibility index (Phi) is 4.59. The summed E-state index contributed by atoms with van der Waals surface area (Å²) in [6, 6.07) is 27.5. The van der Waals surface area contributed by atoms with Crippen LogP contribution in [-0.2, 0) is 0 Å². The summed E-state index contributed by atoms with van der Waals surface area (Å²) in [7, 11) is -1.77. The van der Waals surface area contributed by atoms with Crippen LogP contribution in [0.1, 0.15) is 59.5 Å². The molecule has 3 aromatic carbocycles. The molecule has 29 heavy (non-hydrogen) atoms. The molecule has 0 saturated heterocycles. The number of rotatable bonds is 5. The maximum absolute atomic E-state index is 2.64. The van der Waals surface area contributed by atoms with Gasteiger partial charge in [0.1, 0.15) is 0 Å². The first-order chi connectivity index (χ1) is 14.1. The molecule has 1 heteroatoms. The smallest absolute Gasteiger partial charge is 0.0679 e. The average molecular weight is 395 g/mol. The molecule has 2 aliphatic rings. The highest BCUT2D eigenvalue weighted by Gasteiger charge is 2.48. The van der Waals surface area contributed by atoms with Crippen molar-refractivity contribution in [2.24, 2.45) is 0 Å². The second-order valence-electron chi connectivity index (χ2n) is 9.31. The number of allylic oxidation sites excluding steroid dienone is 1. The van der Waals surface area contributed by atoms with Gasteiger partial charge in [0, 0.05) is 11.1 Å². The largest absolute Gasteiger partial charge is 0.0726 e. The number of hydrogen-bond acceptors (Lipinski definition) is 0. The molecule has 0 radical (unpaired) electrons. The first-order valence-electron chi connectivity index (χ1n) is 11.1. The lowest BCUT2D eigenvalue weighted by molar-refractivity contribution is 0.765. The summed E-state index contributed by atoms with van der Waals surface area (Å²) in [6.45, 7) is 7.59. The molecule has 146 valence electrons. The van der Waals surface area contributed by atoms with Crippen LogP contribution >= 0.6 is 0 Å². The van der Waals surface area contributed by atoms with E-state index in [4.69, 9.17) is 0 Å². The highest BCUT2D eigenvalue weighted by atomic mass is 28.3.